The highest BCUT2D eigenvalue weighted by Gasteiger charge is 2.21. The molecular weight excluding hydrogens is 426 g/mol. The Labute approximate surface area is 164 Å². The Morgan fingerprint density at radius 3 is 2.65 bits per heavy atom. The molecule has 8 nitrogen and oxygen atoms in total. The Kier molecular flexibility index (Phi) is 7.19. The third-order valence-corrected chi connectivity index (χ3v) is 3.97. The number of hydrogen-bond donors (Lipinski definition) is 3. The molecule has 0 spiro atoms. The molecule has 0 aliphatic carbocycles. The van der Waals surface area contributed by atoms with Gasteiger partial charge in [0.15, 0.2) is 0 Å². The van der Waals surface area contributed by atoms with E-state index < -0.39 is 0 Å². The van der Waals surface area contributed by atoms with E-state index in [-0.39, 0.29) is 29.8 Å². The highest BCUT2D eigenvalue weighted by Crippen LogP contribution is 2.23. The quantitative estimate of drug-likeness (QED) is 0.388. The topological polar surface area (TPSA) is 120 Å². The predicted molar refractivity (Wildman–Crippen MR) is 93.4 cm³/mol. The molecule has 2 aromatic heterocycles. The molecule has 0 aliphatic heterocycles. The minimum Gasteiger partial charge on any atom is -1.00 e. The first kappa shape index (κ1) is 20.0. The molecule has 1 aromatic carbocycles. The van der Waals surface area contributed by atoms with Crippen LogP contribution in [0.3, 0.4) is 0 Å². The van der Waals surface area contributed by atoms with Crippen LogP contribution in [0.4, 0.5) is 5.82 Å². The molecule has 5 N–H and O–H groups in total. The zero-order valence-corrected chi connectivity index (χ0v) is 15.9. The van der Waals surface area contributed by atoms with Crippen molar-refractivity contribution in [1.82, 2.24) is 15.8 Å². The second kappa shape index (κ2) is 9.37. The number of aromatic nitrogens is 2. The van der Waals surface area contributed by atoms with Crippen molar-refractivity contribution >= 4 is 27.7 Å². The van der Waals surface area contributed by atoms with Crippen LogP contribution in [0.5, 0.6) is 0 Å². The number of benzene rings is 1. The van der Waals surface area contributed by atoms with Gasteiger partial charge in [-0.2, -0.15) is 0 Å². The van der Waals surface area contributed by atoms with Gasteiger partial charge in [0.2, 0.25) is 0 Å². The van der Waals surface area contributed by atoms with Crippen LogP contribution < -0.4 is 33.9 Å². The lowest BCUT2D eigenvalue weighted by Gasteiger charge is -2.03. The smallest absolute Gasteiger partial charge is 0.322 e. The van der Waals surface area contributed by atoms with Crippen molar-refractivity contribution < 1.29 is 31.4 Å². The summed E-state index contributed by atoms with van der Waals surface area (Å²) in [4.78, 5) is 11.8. The number of nitrogen functional groups attached to an aromatic ring is 1. The number of H-pyrrole nitrogens is 1. The molecule has 0 saturated carbocycles. The van der Waals surface area contributed by atoms with Gasteiger partial charge < -0.3 is 33.2 Å². The Hall–Kier alpha value is -2.36. The highest BCUT2D eigenvalue weighted by atomic mass is 79.9. The van der Waals surface area contributed by atoms with E-state index in [0.717, 1.165) is 21.6 Å². The number of nitrogens with zero attached hydrogens (tertiary/aromatic N) is 1. The summed E-state index contributed by atoms with van der Waals surface area (Å²) in [7, 11) is 0. The molecule has 3 rings (SSSR count). The SMILES string of the molecule is Nc1[nH+]onc1C(=O)NCCNCc1ccc(-c2ccc(Br)cc2)o1.[Cl-]. The van der Waals surface area contributed by atoms with Crippen LogP contribution in [-0.2, 0) is 6.54 Å². The Morgan fingerprint density at radius 1 is 1.19 bits per heavy atom. The minimum absolute atomic E-state index is 0. The molecule has 0 unspecified atom stereocenters. The molecule has 3 aromatic rings. The van der Waals surface area contributed by atoms with E-state index in [1.54, 1.807) is 0 Å². The van der Waals surface area contributed by atoms with Crippen LogP contribution in [0.15, 0.2) is 49.9 Å². The van der Waals surface area contributed by atoms with Gasteiger partial charge in [0.1, 0.15) is 16.7 Å². The van der Waals surface area contributed by atoms with E-state index in [4.69, 9.17) is 10.2 Å². The van der Waals surface area contributed by atoms with Crippen molar-refractivity contribution in [2.75, 3.05) is 18.8 Å². The Balaban J connectivity index is 0.00000243. The summed E-state index contributed by atoms with van der Waals surface area (Å²) in [6, 6.07) is 11.8. The molecule has 26 heavy (non-hydrogen) atoms. The number of hydrogen-bond acceptors (Lipinski definition) is 6. The number of rotatable bonds is 7. The average molecular weight is 443 g/mol. The normalized spacial score (nSPS) is 10.3. The van der Waals surface area contributed by atoms with Crippen LogP contribution in [0.25, 0.3) is 11.3 Å². The zero-order valence-electron chi connectivity index (χ0n) is 13.6. The largest absolute Gasteiger partial charge is 1.00 e. The molecule has 138 valence electrons. The number of halogens is 2. The van der Waals surface area contributed by atoms with Crippen LogP contribution in [0.2, 0.25) is 0 Å². The number of amides is 1. The van der Waals surface area contributed by atoms with E-state index in [0.29, 0.717) is 19.6 Å². The van der Waals surface area contributed by atoms with Crippen LogP contribution in [0.1, 0.15) is 16.2 Å². The molecule has 10 heteroatoms. The molecule has 0 fully saturated rings. The van der Waals surface area contributed by atoms with E-state index in [1.807, 2.05) is 36.4 Å². The van der Waals surface area contributed by atoms with Gasteiger partial charge in [-0.25, -0.2) is 0 Å². The third kappa shape index (κ3) is 5.07. The van der Waals surface area contributed by atoms with Crippen molar-refractivity contribution in [3.63, 3.8) is 0 Å². The maximum absolute atomic E-state index is 11.8. The van der Waals surface area contributed by atoms with Gasteiger partial charge in [0, 0.05) is 23.1 Å². The second-order valence-corrected chi connectivity index (χ2v) is 6.17. The monoisotopic (exact) mass is 441 g/mol. The second-order valence-electron chi connectivity index (χ2n) is 5.25. The average Bonchev–Trinajstić information content (AvgIpc) is 3.24. The lowest BCUT2D eigenvalue weighted by Crippen LogP contribution is -3.00. The molecule has 0 bridgehead atoms. The molecule has 0 saturated heterocycles. The Morgan fingerprint density at radius 2 is 1.96 bits per heavy atom. The summed E-state index contributed by atoms with van der Waals surface area (Å²) >= 11 is 3.41. The van der Waals surface area contributed by atoms with E-state index in [2.05, 4.69) is 41.5 Å². The summed E-state index contributed by atoms with van der Waals surface area (Å²) in [6.07, 6.45) is 0. The summed E-state index contributed by atoms with van der Waals surface area (Å²) in [5.74, 6) is 1.34. The molecule has 0 radical (unpaired) electrons. The van der Waals surface area contributed by atoms with Crippen molar-refractivity contribution in [3.8, 4) is 11.3 Å². The number of aromatic amines is 1. The van der Waals surface area contributed by atoms with Crippen LogP contribution in [0, 0.1) is 0 Å². The van der Waals surface area contributed by atoms with E-state index >= 15 is 0 Å². The number of furan rings is 1. The molecule has 2 heterocycles. The van der Waals surface area contributed by atoms with Gasteiger partial charge in [0.25, 0.3) is 5.91 Å². The molecule has 0 aliphatic rings. The lowest BCUT2D eigenvalue weighted by molar-refractivity contribution is -0.610. The number of nitrogens with one attached hydrogen (secondary N) is 3. The van der Waals surface area contributed by atoms with E-state index in [9.17, 15) is 4.79 Å². The lowest BCUT2D eigenvalue weighted by atomic mass is 10.2. The molecular formula is C16H17BrClN5O3. The van der Waals surface area contributed by atoms with Gasteiger partial charge in [-0.1, -0.05) is 33.2 Å². The molecule has 1 amide bonds. The van der Waals surface area contributed by atoms with Crippen molar-refractivity contribution in [2.45, 2.75) is 6.54 Å². The standard InChI is InChI=1S/C16H16BrN5O3.ClH/c17-11-3-1-10(2-4-11)13-6-5-12(24-13)9-19-7-8-20-16(23)14-15(18)22-25-21-14;/h1-6,19H,7-9H2,(H2,18,22)(H,20,23);1H. The van der Waals surface area contributed by atoms with Crippen molar-refractivity contribution in [3.05, 3.63) is 52.3 Å². The minimum atomic E-state index is -0.389. The fraction of sp³-hybridized carbons (Fsp3) is 0.188. The number of carbonyl (C=O) groups is 1. The maximum atomic E-state index is 11.8. The van der Waals surface area contributed by atoms with Crippen LogP contribution >= 0.6 is 15.9 Å². The number of nitrogens with two attached hydrogens (primary N) is 1. The fourth-order valence-corrected chi connectivity index (χ4v) is 2.45. The van der Waals surface area contributed by atoms with Crippen molar-refractivity contribution in [2.24, 2.45) is 0 Å². The molecule has 0 atom stereocenters. The first-order chi connectivity index (χ1) is 12.1. The van der Waals surface area contributed by atoms with E-state index in [1.165, 1.54) is 0 Å². The number of anilines is 1. The zero-order chi connectivity index (χ0) is 17.6. The first-order valence-electron chi connectivity index (χ1n) is 7.60. The maximum Gasteiger partial charge on any atom is 0.322 e. The summed E-state index contributed by atoms with van der Waals surface area (Å²) in [5, 5.41) is 11.7. The summed E-state index contributed by atoms with van der Waals surface area (Å²) in [5.41, 5.74) is 6.57. The predicted octanol–water partition coefficient (Wildman–Crippen LogP) is -1.38. The summed E-state index contributed by atoms with van der Waals surface area (Å²) in [6.45, 7) is 1.55. The third-order valence-electron chi connectivity index (χ3n) is 3.44. The first-order valence-corrected chi connectivity index (χ1v) is 8.39. The Bertz CT molecular complexity index is 850. The van der Waals surface area contributed by atoms with Gasteiger partial charge in [0.05, 0.1) is 6.54 Å². The highest BCUT2D eigenvalue weighted by molar-refractivity contribution is 9.10. The van der Waals surface area contributed by atoms with Gasteiger partial charge in [-0.3, -0.25) is 4.79 Å². The van der Waals surface area contributed by atoms with Gasteiger partial charge in [-0.05, 0) is 24.3 Å². The number of carbonyl (C=O) groups excluding carboxylic acids is 1. The van der Waals surface area contributed by atoms with Gasteiger partial charge >= 0.3 is 11.5 Å². The van der Waals surface area contributed by atoms with Gasteiger partial charge in [-0.15, -0.1) is 4.63 Å². The fourth-order valence-electron chi connectivity index (χ4n) is 2.18. The summed E-state index contributed by atoms with van der Waals surface area (Å²) < 4.78 is 11.3. The van der Waals surface area contributed by atoms with Crippen molar-refractivity contribution in [1.29, 1.82) is 0 Å². The van der Waals surface area contributed by atoms with Crippen LogP contribution in [-0.4, -0.2) is 24.2 Å².